The van der Waals surface area contributed by atoms with E-state index in [9.17, 15) is 5.11 Å². The lowest BCUT2D eigenvalue weighted by Crippen LogP contribution is -2.62. The van der Waals surface area contributed by atoms with Crippen LogP contribution < -0.4 is 10.2 Å². The highest BCUT2D eigenvalue weighted by Gasteiger charge is 2.39. The van der Waals surface area contributed by atoms with Crippen molar-refractivity contribution in [2.75, 3.05) is 11.9 Å². The molecular weight excluding hydrogens is 390 g/mol. The number of piperidine rings is 1. The van der Waals surface area contributed by atoms with Gasteiger partial charge in [-0.25, -0.2) is 9.67 Å². The normalized spacial score (nSPS) is 18.1. The van der Waals surface area contributed by atoms with Crippen LogP contribution in [0.4, 0.5) is 5.95 Å². The standard InChI is InChI=1S/C23H31N7O/c1-15-12-25-30(14-15)16-7-8-18(20(31)9-16)19-13-24-21(27-26-19)29(6)17-10-22(2,3)28-23(4,5)11-17/h7-9,12-14,17,28,31H,10-11H2,1-6H3. The molecule has 3 heterocycles. The van der Waals surface area contributed by atoms with Gasteiger partial charge < -0.3 is 15.3 Å². The minimum absolute atomic E-state index is 0.0364. The molecule has 1 aliphatic rings. The fraction of sp³-hybridized carbons (Fsp3) is 0.478. The Morgan fingerprint density at radius 3 is 2.35 bits per heavy atom. The van der Waals surface area contributed by atoms with E-state index in [1.54, 1.807) is 23.1 Å². The van der Waals surface area contributed by atoms with Crippen molar-refractivity contribution in [2.45, 2.75) is 64.6 Å². The predicted octanol–water partition coefficient (Wildman–Crippen LogP) is 3.48. The number of hydrogen-bond donors (Lipinski definition) is 2. The fourth-order valence-corrected chi connectivity index (χ4v) is 4.69. The highest BCUT2D eigenvalue weighted by Crippen LogP contribution is 2.33. The summed E-state index contributed by atoms with van der Waals surface area (Å²) in [5, 5.41) is 27.3. The van der Waals surface area contributed by atoms with E-state index >= 15 is 0 Å². The minimum Gasteiger partial charge on any atom is -0.507 e. The largest absolute Gasteiger partial charge is 0.507 e. The molecule has 1 fully saturated rings. The van der Waals surface area contributed by atoms with Gasteiger partial charge in [-0.2, -0.15) is 5.10 Å². The topological polar surface area (TPSA) is 92.0 Å². The van der Waals surface area contributed by atoms with Crippen molar-refractivity contribution in [3.63, 3.8) is 0 Å². The van der Waals surface area contributed by atoms with Gasteiger partial charge in [-0.1, -0.05) is 0 Å². The Morgan fingerprint density at radius 2 is 1.81 bits per heavy atom. The second kappa shape index (κ2) is 7.60. The van der Waals surface area contributed by atoms with Crippen LogP contribution in [0.2, 0.25) is 0 Å². The molecular formula is C23H31N7O. The molecule has 0 bridgehead atoms. The smallest absolute Gasteiger partial charge is 0.245 e. The first-order valence-corrected chi connectivity index (χ1v) is 10.6. The molecule has 164 valence electrons. The van der Waals surface area contributed by atoms with Crippen LogP contribution in [-0.2, 0) is 0 Å². The van der Waals surface area contributed by atoms with Gasteiger partial charge >= 0.3 is 0 Å². The quantitative estimate of drug-likeness (QED) is 0.666. The average Bonchev–Trinajstić information content (AvgIpc) is 3.11. The lowest BCUT2D eigenvalue weighted by molar-refractivity contribution is 0.160. The number of nitrogens with zero attached hydrogens (tertiary/aromatic N) is 6. The van der Waals surface area contributed by atoms with Crippen LogP contribution in [0.5, 0.6) is 5.75 Å². The molecule has 0 radical (unpaired) electrons. The number of aromatic nitrogens is 5. The van der Waals surface area contributed by atoms with Crippen LogP contribution in [0.25, 0.3) is 16.9 Å². The second-order valence-corrected chi connectivity index (χ2v) is 9.87. The first kappa shape index (κ1) is 21.2. The van der Waals surface area contributed by atoms with E-state index in [1.165, 1.54) is 0 Å². The summed E-state index contributed by atoms with van der Waals surface area (Å²) in [4.78, 5) is 6.67. The molecule has 0 amide bonds. The third kappa shape index (κ3) is 4.54. The summed E-state index contributed by atoms with van der Waals surface area (Å²) in [5.74, 6) is 0.704. The van der Waals surface area contributed by atoms with E-state index < -0.39 is 0 Å². The first-order valence-electron chi connectivity index (χ1n) is 10.6. The second-order valence-electron chi connectivity index (χ2n) is 9.87. The van der Waals surface area contributed by atoms with Gasteiger partial charge in [0.25, 0.3) is 0 Å². The van der Waals surface area contributed by atoms with Crippen molar-refractivity contribution in [1.82, 2.24) is 30.3 Å². The molecule has 31 heavy (non-hydrogen) atoms. The number of benzene rings is 1. The molecule has 8 nitrogen and oxygen atoms in total. The minimum atomic E-state index is 0.0364. The van der Waals surface area contributed by atoms with Gasteiger partial charge in [0.2, 0.25) is 5.95 Å². The van der Waals surface area contributed by atoms with Crippen LogP contribution in [-0.4, -0.2) is 54.2 Å². The summed E-state index contributed by atoms with van der Waals surface area (Å²) in [7, 11) is 2.02. The zero-order valence-corrected chi connectivity index (χ0v) is 19.1. The zero-order valence-electron chi connectivity index (χ0n) is 19.1. The number of phenols is 1. The molecule has 0 saturated carbocycles. The Labute approximate surface area is 183 Å². The maximum absolute atomic E-state index is 10.6. The van der Waals surface area contributed by atoms with Crippen molar-refractivity contribution >= 4 is 5.95 Å². The lowest BCUT2D eigenvalue weighted by Gasteiger charge is -2.48. The number of hydrogen-bond acceptors (Lipinski definition) is 7. The van der Waals surface area contributed by atoms with E-state index in [0.717, 1.165) is 24.1 Å². The Balaban J connectivity index is 1.54. The molecule has 1 saturated heterocycles. The molecule has 1 aliphatic heterocycles. The summed E-state index contributed by atoms with van der Waals surface area (Å²) < 4.78 is 1.73. The summed E-state index contributed by atoms with van der Waals surface area (Å²) in [5.41, 5.74) is 3.03. The van der Waals surface area contributed by atoms with E-state index in [4.69, 9.17) is 0 Å². The molecule has 1 aromatic carbocycles. The molecule has 0 aliphatic carbocycles. The number of nitrogens with one attached hydrogen (secondary N) is 1. The van der Waals surface area contributed by atoms with Gasteiger partial charge in [-0.3, -0.25) is 0 Å². The molecule has 0 unspecified atom stereocenters. The van der Waals surface area contributed by atoms with Crippen LogP contribution in [0.1, 0.15) is 46.1 Å². The van der Waals surface area contributed by atoms with Crippen molar-refractivity contribution in [3.8, 4) is 22.7 Å². The third-order valence-electron chi connectivity index (χ3n) is 5.81. The van der Waals surface area contributed by atoms with Crippen LogP contribution >= 0.6 is 0 Å². The molecule has 8 heteroatoms. The van der Waals surface area contributed by atoms with Gasteiger partial charge in [0, 0.05) is 42.0 Å². The summed E-state index contributed by atoms with van der Waals surface area (Å²) in [6.45, 7) is 10.9. The predicted molar refractivity (Wildman–Crippen MR) is 122 cm³/mol. The van der Waals surface area contributed by atoms with Crippen molar-refractivity contribution in [3.05, 3.63) is 42.4 Å². The highest BCUT2D eigenvalue weighted by atomic mass is 16.3. The SMILES string of the molecule is Cc1cnn(-c2ccc(-c3cnc(N(C)C4CC(C)(C)NC(C)(C)C4)nn3)c(O)c2)c1. The van der Waals surface area contributed by atoms with Crippen LogP contribution in [0.15, 0.2) is 36.8 Å². The highest BCUT2D eigenvalue weighted by molar-refractivity contribution is 5.68. The number of phenolic OH excluding ortho intramolecular Hbond substituents is 1. The monoisotopic (exact) mass is 421 g/mol. The van der Waals surface area contributed by atoms with Crippen molar-refractivity contribution in [1.29, 1.82) is 0 Å². The van der Waals surface area contributed by atoms with E-state index in [1.807, 2.05) is 32.3 Å². The molecule has 4 rings (SSSR count). The molecule has 0 atom stereocenters. The van der Waals surface area contributed by atoms with E-state index in [2.05, 4.69) is 58.2 Å². The molecule has 0 spiro atoms. The maximum atomic E-state index is 10.6. The van der Waals surface area contributed by atoms with Crippen molar-refractivity contribution in [2.24, 2.45) is 0 Å². The van der Waals surface area contributed by atoms with Gasteiger partial charge in [-0.05, 0) is 65.2 Å². The molecule has 2 N–H and O–H groups in total. The maximum Gasteiger partial charge on any atom is 0.245 e. The van der Waals surface area contributed by atoms with Crippen LogP contribution in [0, 0.1) is 6.92 Å². The fourth-order valence-electron chi connectivity index (χ4n) is 4.69. The van der Waals surface area contributed by atoms with Crippen LogP contribution in [0.3, 0.4) is 0 Å². The van der Waals surface area contributed by atoms with Crippen molar-refractivity contribution < 1.29 is 5.11 Å². The van der Waals surface area contributed by atoms with E-state index in [-0.39, 0.29) is 16.8 Å². The summed E-state index contributed by atoms with van der Waals surface area (Å²) in [6.07, 6.45) is 7.34. The first-order chi connectivity index (χ1) is 14.5. The Bertz CT molecular complexity index is 1060. The molecule has 3 aromatic rings. The Kier molecular flexibility index (Phi) is 5.21. The number of aromatic hydroxyl groups is 1. The lowest BCUT2D eigenvalue weighted by atomic mass is 9.79. The zero-order chi connectivity index (χ0) is 22.4. The summed E-state index contributed by atoms with van der Waals surface area (Å²) in [6, 6.07) is 5.68. The van der Waals surface area contributed by atoms with Gasteiger partial charge in [0.1, 0.15) is 11.4 Å². The number of rotatable bonds is 4. The summed E-state index contributed by atoms with van der Waals surface area (Å²) >= 11 is 0. The Morgan fingerprint density at radius 1 is 1.10 bits per heavy atom. The number of anilines is 1. The number of aryl methyl sites for hydroxylation is 1. The third-order valence-corrected chi connectivity index (χ3v) is 5.81. The Hall–Kier alpha value is -3.00. The van der Waals surface area contributed by atoms with Gasteiger partial charge in [0.15, 0.2) is 0 Å². The van der Waals surface area contributed by atoms with Gasteiger partial charge in [0.05, 0.1) is 18.1 Å². The van der Waals surface area contributed by atoms with E-state index in [0.29, 0.717) is 23.2 Å². The van der Waals surface area contributed by atoms with Gasteiger partial charge in [-0.15, -0.1) is 10.2 Å². The average molecular weight is 422 g/mol. The molecule has 2 aromatic heterocycles.